The molecule has 2 atom stereocenters. The third-order valence-electron chi connectivity index (χ3n) is 5.69. The van der Waals surface area contributed by atoms with Crippen molar-refractivity contribution in [2.24, 2.45) is 0 Å². The highest BCUT2D eigenvalue weighted by atomic mass is 16.3. The van der Waals surface area contributed by atoms with Crippen molar-refractivity contribution < 1.29 is 5.11 Å². The van der Waals surface area contributed by atoms with Crippen LogP contribution in [0.4, 0.5) is 0 Å². The van der Waals surface area contributed by atoms with Gasteiger partial charge in [-0.15, -0.1) is 0 Å². The highest BCUT2D eigenvalue weighted by molar-refractivity contribution is 5.46. The molecule has 1 aliphatic carbocycles. The Balaban J connectivity index is 1.87. The van der Waals surface area contributed by atoms with Crippen LogP contribution < -0.4 is 5.32 Å². The van der Waals surface area contributed by atoms with E-state index in [1.807, 2.05) is 12.4 Å². The van der Waals surface area contributed by atoms with Crippen LogP contribution in [0.2, 0.25) is 0 Å². The first-order chi connectivity index (χ1) is 11.1. The largest absolute Gasteiger partial charge is 0.390 e. The smallest absolute Gasteiger partial charge is 0.111 e. The summed E-state index contributed by atoms with van der Waals surface area (Å²) < 4.78 is 2.20. The Morgan fingerprint density at radius 3 is 2.74 bits per heavy atom. The molecule has 1 aromatic carbocycles. The molecule has 4 nitrogen and oxygen atoms in total. The standard InChI is InChI=1S/C19H25N3O/c1-13(2)18-21-11-12-22(18)16-14-5-3-4-6-15(14)19(17(16)23)7-9-20-10-8-19/h3-6,11-13,16-17,20,23H,7-10H2,1-2H3/t16-,17+/m1/s1. The van der Waals surface area contributed by atoms with Crippen LogP contribution in [-0.2, 0) is 5.41 Å². The molecule has 23 heavy (non-hydrogen) atoms. The van der Waals surface area contributed by atoms with Crippen LogP contribution in [0, 0.1) is 0 Å². The Morgan fingerprint density at radius 1 is 1.26 bits per heavy atom. The van der Waals surface area contributed by atoms with Crippen molar-refractivity contribution in [2.75, 3.05) is 13.1 Å². The first-order valence-electron chi connectivity index (χ1n) is 8.66. The number of aromatic nitrogens is 2. The van der Waals surface area contributed by atoms with Gasteiger partial charge in [-0.25, -0.2) is 4.98 Å². The quantitative estimate of drug-likeness (QED) is 0.896. The molecule has 4 rings (SSSR count). The molecule has 0 amide bonds. The van der Waals surface area contributed by atoms with Gasteiger partial charge < -0.3 is 15.0 Å². The van der Waals surface area contributed by atoms with Gasteiger partial charge in [-0.1, -0.05) is 38.1 Å². The number of hydrogen-bond donors (Lipinski definition) is 2. The highest BCUT2D eigenvalue weighted by Gasteiger charge is 2.52. The predicted octanol–water partition coefficient (Wildman–Crippen LogP) is 2.59. The molecule has 1 aliphatic heterocycles. The molecule has 0 unspecified atom stereocenters. The summed E-state index contributed by atoms with van der Waals surface area (Å²) in [5, 5.41) is 14.8. The van der Waals surface area contributed by atoms with Crippen molar-refractivity contribution in [3.8, 4) is 0 Å². The van der Waals surface area contributed by atoms with E-state index in [0.717, 1.165) is 31.8 Å². The minimum absolute atomic E-state index is 0.0239. The SMILES string of the molecule is CC(C)c1nccn1[C@@H]1c2ccccc2C2(CCNCC2)[C@H]1O. The Kier molecular flexibility index (Phi) is 3.54. The third kappa shape index (κ3) is 2.08. The average Bonchev–Trinajstić information content (AvgIpc) is 3.12. The molecule has 4 heteroatoms. The lowest BCUT2D eigenvalue weighted by atomic mass is 9.72. The first-order valence-corrected chi connectivity index (χ1v) is 8.66. The predicted molar refractivity (Wildman–Crippen MR) is 90.7 cm³/mol. The van der Waals surface area contributed by atoms with E-state index in [0.29, 0.717) is 5.92 Å². The minimum atomic E-state index is -0.395. The number of fused-ring (bicyclic) bond motifs is 2. The van der Waals surface area contributed by atoms with Crippen molar-refractivity contribution in [1.82, 2.24) is 14.9 Å². The van der Waals surface area contributed by atoms with Gasteiger partial charge in [-0.3, -0.25) is 0 Å². The summed E-state index contributed by atoms with van der Waals surface area (Å²) in [5.74, 6) is 1.39. The molecule has 1 saturated heterocycles. The van der Waals surface area contributed by atoms with Crippen molar-refractivity contribution >= 4 is 0 Å². The summed E-state index contributed by atoms with van der Waals surface area (Å²) in [6.07, 6.45) is 5.48. The van der Waals surface area contributed by atoms with Crippen molar-refractivity contribution in [3.05, 3.63) is 53.6 Å². The lowest BCUT2D eigenvalue weighted by Gasteiger charge is -2.39. The number of rotatable bonds is 2. The second-order valence-electron chi connectivity index (χ2n) is 7.23. The summed E-state index contributed by atoms with van der Waals surface area (Å²) in [6.45, 7) is 6.26. The Morgan fingerprint density at radius 2 is 2.00 bits per heavy atom. The van der Waals surface area contributed by atoms with Gasteiger partial charge in [0.25, 0.3) is 0 Å². The fourth-order valence-electron chi connectivity index (χ4n) is 4.59. The number of nitrogens with one attached hydrogen (secondary N) is 1. The molecule has 1 fully saturated rings. The number of imidazole rings is 1. The maximum absolute atomic E-state index is 11.4. The number of nitrogens with zero attached hydrogens (tertiary/aromatic N) is 2. The van der Waals surface area contributed by atoms with Crippen LogP contribution in [0.5, 0.6) is 0 Å². The number of hydrogen-bond acceptors (Lipinski definition) is 3. The average molecular weight is 311 g/mol. The zero-order chi connectivity index (χ0) is 16.0. The molecular weight excluding hydrogens is 286 g/mol. The molecule has 0 radical (unpaired) electrons. The highest BCUT2D eigenvalue weighted by Crippen LogP contribution is 2.51. The van der Waals surface area contributed by atoms with E-state index in [1.165, 1.54) is 11.1 Å². The molecule has 1 spiro atoms. The zero-order valence-corrected chi connectivity index (χ0v) is 13.9. The number of piperidine rings is 1. The Hall–Kier alpha value is -1.65. The van der Waals surface area contributed by atoms with Gasteiger partial charge in [-0.05, 0) is 37.1 Å². The maximum Gasteiger partial charge on any atom is 0.111 e. The fraction of sp³-hybridized carbons (Fsp3) is 0.526. The summed E-state index contributed by atoms with van der Waals surface area (Å²) in [4.78, 5) is 4.54. The monoisotopic (exact) mass is 311 g/mol. The number of benzene rings is 1. The van der Waals surface area contributed by atoms with Gasteiger partial charge in [0.05, 0.1) is 12.1 Å². The zero-order valence-electron chi connectivity index (χ0n) is 13.9. The number of aliphatic hydroxyl groups excluding tert-OH is 1. The summed E-state index contributed by atoms with van der Waals surface area (Å²) >= 11 is 0. The van der Waals surface area contributed by atoms with E-state index < -0.39 is 6.10 Å². The molecule has 2 N–H and O–H groups in total. The summed E-state index contributed by atoms with van der Waals surface area (Å²) in [7, 11) is 0. The molecule has 2 heterocycles. The minimum Gasteiger partial charge on any atom is -0.390 e. The topological polar surface area (TPSA) is 50.1 Å². The van der Waals surface area contributed by atoms with Gasteiger partial charge in [0.2, 0.25) is 0 Å². The van der Waals surface area contributed by atoms with Crippen molar-refractivity contribution in [3.63, 3.8) is 0 Å². The van der Waals surface area contributed by atoms with E-state index >= 15 is 0 Å². The van der Waals surface area contributed by atoms with Gasteiger partial charge in [0.1, 0.15) is 5.82 Å². The van der Waals surface area contributed by atoms with Gasteiger partial charge >= 0.3 is 0 Å². The molecule has 122 valence electrons. The molecular formula is C19H25N3O. The van der Waals surface area contributed by atoms with Crippen LogP contribution in [0.3, 0.4) is 0 Å². The van der Waals surface area contributed by atoms with Crippen molar-refractivity contribution in [2.45, 2.75) is 50.2 Å². The van der Waals surface area contributed by atoms with E-state index in [2.05, 4.69) is 53.0 Å². The van der Waals surface area contributed by atoms with Crippen LogP contribution in [-0.4, -0.2) is 33.9 Å². The molecule has 2 aromatic rings. The van der Waals surface area contributed by atoms with Crippen LogP contribution in [0.25, 0.3) is 0 Å². The normalized spacial score (nSPS) is 25.9. The van der Waals surface area contributed by atoms with Gasteiger partial charge in [0.15, 0.2) is 0 Å². The van der Waals surface area contributed by atoms with Gasteiger partial charge in [-0.2, -0.15) is 0 Å². The molecule has 2 aliphatic rings. The van der Waals surface area contributed by atoms with Crippen LogP contribution >= 0.6 is 0 Å². The van der Waals surface area contributed by atoms with E-state index in [4.69, 9.17) is 0 Å². The molecule has 1 aromatic heterocycles. The first kappa shape index (κ1) is 14.9. The van der Waals surface area contributed by atoms with E-state index in [1.54, 1.807) is 0 Å². The molecule has 0 bridgehead atoms. The van der Waals surface area contributed by atoms with Crippen molar-refractivity contribution in [1.29, 1.82) is 0 Å². The lowest BCUT2D eigenvalue weighted by molar-refractivity contribution is 0.0449. The van der Waals surface area contributed by atoms with E-state index in [9.17, 15) is 5.11 Å². The van der Waals surface area contributed by atoms with Crippen LogP contribution in [0.1, 0.15) is 55.6 Å². The summed E-state index contributed by atoms with van der Waals surface area (Å²) in [6, 6.07) is 8.57. The van der Waals surface area contributed by atoms with Crippen LogP contribution in [0.15, 0.2) is 36.7 Å². The van der Waals surface area contributed by atoms with Gasteiger partial charge in [0, 0.05) is 23.7 Å². The Labute approximate surface area is 137 Å². The fourth-order valence-corrected chi connectivity index (χ4v) is 4.59. The maximum atomic E-state index is 11.4. The third-order valence-corrected chi connectivity index (χ3v) is 5.69. The Bertz CT molecular complexity index is 700. The van der Waals surface area contributed by atoms with E-state index in [-0.39, 0.29) is 11.5 Å². The molecule has 0 saturated carbocycles. The second kappa shape index (κ2) is 5.46. The lowest BCUT2D eigenvalue weighted by Crippen LogP contribution is -2.47. The number of aliphatic hydroxyl groups is 1. The second-order valence-corrected chi connectivity index (χ2v) is 7.23. The summed E-state index contributed by atoms with van der Waals surface area (Å²) in [5.41, 5.74) is 2.48.